The summed E-state index contributed by atoms with van der Waals surface area (Å²) in [5.41, 5.74) is 0.755. The van der Waals surface area contributed by atoms with Gasteiger partial charge in [0.1, 0.15) is 12.6 Å². The van der Waals surface area contributed by atoms with Crippen LogP contribution in [0.25, 0.3) is 0 Å². The molecule has 0 saturated heterocycles. The van der Waals surface area contributed by atoms with Gasteiger partial charge in [-0.05, 0) is 49.2 Å². The lowest BCUT2D eigenvalue weighted by Gasteiger charge is -2.31. The van der Waals surface area contributed by atoms with Crippen LogP contribution in [0.5, 0.6) is 0 Å². The van der Waals surface area contributed by atoms with Crippen LogP contribution >= 0.6 is 46.4 Å². The lowest BCUT2D eigenvalue weighted by Crippen LogP contribution is -2.51. The number of carbonyl (C=O) groups excluding carboxylic acids is 2. The molecule has 0 aliphatic heterocycles. The third kappa shape index (κ3) is 8.72. The van der Waals surface area contributed by atoms with E-state index in [2.05, 4.69) is 5.32 Å². The highest BCUT2D eigenvalue weighted by Crippen LogP contribution is 2.28. The van der Waals surface area contributed by atoms with Crippen molar-refractivity contribution in [1.29, 1.82) is 0 Å². The first-order valence-corrected chi connectivity index (χ1v) is 14.1. The Morgan fingerprint density at radius 3 is 2.17 bits per heavy atom. The molecule has 0 unspecified atom stereocenters. The molecule has 2 aromatic rings. The Labute approximate surface area is 226 Å². The molecule has 2 amide bonds. The van der Waals surface area contributed by atoms with E-state index in [-0.39, 0.29) is 28.2 Å². The second-order valence-corrected chi connectivity index (χ2v) is 11.6. The molecule has 0 saturated carbocycles. The Balaban J connectivity index is 2.40. The van der Waals surface area contributed by atoms with E-state index in [9.17, 15) is 18.0 Å². The summed E-state index contributed by atoms with van der Waals surface area (Å²) in [7, 11) is -3.90. The fourth-order valence-corrected chi connectivity index (χ4v) is 4.92. The second-order valence-electron chi connectivity index (χ2n) is 7.99. The van der Waals surface area contributed by atoms with Crippen molar-refractivity contribution in [3.8, 4) is 0 Å². The zero-order valence-electron chi connectivity index (χ0n) is 19.5. The van der Waals surface area contributed by atoms with Crippen molar-refractivity contribution in [1.82, 2.24) is 10.2 Å². The number of nitrogens with one attached hydrogen (secondary N) is 1. The molecule has 0 bridgehead atoms. The molecule has 0 aliphatic carbocycles. The van der Waals surface area contributed by atoms with Crippen LogP contribution < -0.4 is 9.62 Å². The molecule has 0 fully saturated rings. The zero-order chi connectivity index (χ0) is 26.3. The summed E-state index contributed by atoms with van der Waals surface area (Å²) in [6, 6.07) is 8.22. The van der Waals surface area contributed by atoms with Gasteiger partial charge < -0.3 is 10.2 Å². The maximum atomic E-state index is 13.5. The van der Waals surface area contributed by atoms with E-state index in [0.29, 0.717) is 22.2 Å². The quantitative estimate of drug-likeness (QED) is 0.359. The third-order valence-electron chi connectivity index (χ3n) is 5.15. The highest BCUT2D eigenvalue weighted by atomic mass is 35.5. The van der Waals surface area contributed by atoms with E-state index in [0.717, 1.165) is 23.4 Å². The number of benzene rings is 2. The summed E-state index contributed by atoms with van der Waals surface area (Å²) in [6.45, 7) is 3.48. The van der Waals surface area contributed by atoms with Gasteiger partial charge in [0, 0.05) is 23.1 Å². The second kappa shape index (κ2) is 13.0. The number of amides is 2. The largest absolute Gasteiger partial charge is 0.354 e. The molecule has 2 rings (SSSR count). The van der Waals surface area contributed by atoms with Crippen molar-refractivity contribution >= 4 is 73.9 Å². The van der Waals surface area contributed by atoms with Crippen LogP contribution in [0.1, 0.15) is 32.3 Å². The third-order valence-corrected chi connectivity index (χ3v) is 7.46. The molecule has 2 aromatic carbocycles. The first kappa shape index (κ1) is 29.5. The van der Waals surface area contributed by atoms with Crippen LogP contribution in [-0.2, 0) is 26.2 Å². The van der Waals surface area contributed by atoms with Gasteiger partial charge in [0.05, 0.1) is 22.0 Å². The molecule has 192 valence electrons. The van der Waals surface area contributed by atoms with E-state index >= 15 is 0 Å². The number of hydrogen-bond donors (Lipinski definition) is 1. The molecular weight excluding hydrogens is 556 g/mol. The van der Waals surface area contributed by atoms with Gasteiger partial charge in [0.2, 0.25) is 21.8 Å². The van der Waals surface area contributed by atoms with E-state index in [1.54, 1.807) is 25.1 Å². The standard InChI is InChI=1S/C23H27Cl4N3O4S/c1-4-5-8-28-23(32)15(2)29(13-16-6-7-20(26)21(27)9-16)22(31)14-30(35(3,33)34)19-11-17(24)10-18(25)12-19/h6-7,9-12,15H,4-5,8,13-14H2,1-3H3,(H,28,32)/t15-/m0/s1. The van der Waals surface area contributed by atoms with Gasteiger partial charge in [-0.25, -0.2) is 8.42 Å². The zero-order valence-corrected chi connectivity index (χ0v) is 23.4. The molecular formula is C23H27Cl4N3O4S. The van der Waals surface area contributed by atoms with Crippen molar-refractivity contribution in [3.05, 3.63) is 62.1 Å². The maximum Gasteiger partial charge on any atom is 0.244 e. The molecule has 0 aliphatic rings. The topological polar surface area (TPSA) is 86.8 Å². The summed E-state index contributed by atoms with van der Waals surface area (Å²) in [4.78, 5) is 27.6. The maximum absolute atomic E-state index is 13.5. The summed E-state index contributed by atoms with van der Waals surface area (Å²) in [6.07, 6.45) is 2.65. The lowest BCUT2D eigenvalue weighted by atomic mass is 10.1. The predicted molar refractivity (Wildman–Crippen MR) is 143 cm³/mol. The van der Waals surface area contributed by atoms with Crippen LogP contribution in [0.2, 0.25) is 20.1 Å². The number of anilines is 1. The highest BCUT2D eigenvalue weighted by Gasteiger charge is 2.30. The van der Waals surface area contributed by atoms with Gasteiger partial charge in [-0.2, -0.15) is 0 Å². The fraction of sp³-hybridized carbons (Fsp3) is 0.391. The van der Waals surface area contributed by atoms with Crippen molar-refractivity contribution in [2.45, 2.75) is 39.3 Å². The number of rotatable bonds is 11. The number of nitrogens with zero attached hydrogens (tertiary/aromatic N) is 2. The van der Waals surface area contributed by atoms with E-state index in [1.165, 1.54) is 23.1 Å². The van der Waals surface area contributed by atoms with Gasteiger partial charge in [-0.15, -0.1) is 0 Å². The van der Waals surface area contributed by atoms with Crippen LogP contribution in [0.3, 0.4) is 0 Å². The Morgan fingerprint density at radius 2 is 1.63 bits per heavy atom. The molecule has 35 heavy (non-hydrogen) atoms. The first-order chi connectivity index (χ1) is 16.3. The Kier molecular flexibility index (Phi) is 11.0. The molecule has 0 heterocycles. The SMILES string of the molecule is CCCCNC(=O)[C@H](C)N(Cc1ccc(Cl)c(Cl)c1)C(=O)CN(c1cc(Cl)cc(Cl)c1)S(C)(=O)=O. The summed E-state index contributed by atoms with van der Waals surface area (Å²) >= 11 is 24.2. The number of sulfonamides is 1. The minimum Gasteiger partial charge on any atom is -0.354 e. The Bertz CT molecular complexity index is 1160. The van der Waals surface area contributed by atoms with E-state index in [1.807, 2.05) is 6.92 Å². The summed E-state index contributed by atoms with van der Waals surface area (Å²) in [5.74, 6) is -0.959. The molecule has 1 atom stereocenters. The average molecular weight is 583 g/mol. The van der Waals surface area contributed by atoms with Crippen molar-refractivity contribution in [2.75, 3.05) is 23.7 Å². The highest BCUT2D eigenvalue weighted by molar-refractivity contribution is 7.92. The fourth-order valence-electron chi connectivity index (χ4n) is 3.25. The molecule has 0 spiro atoms. The van der Waals surface area contributed by atoms with Crippen molar-refractivity contribution in [3.63, 3.8) is 0 Å². The molecule has 1 N–H and O–H groups in total. The Hall–Kier alpha value is -1.71. The van der Waals surface area contributed by atoms with Gasteiger partial charge >= 0.3 is 0 Å². The molecule has 12 heteroatoms. The minimum atomic E-state index is -3.90. The monoisotopic (exact) mass is 581 g/mol. The van der Waals surface area contributed by atoms with Crippen LogP contribution in [0.15, 0.2) is 36.4 Å². The van der Waals surface area contributed by atoms with Crippen LogP contribution in [0.4, 0.5) is 5.69 Å². The van der Waals surface area contributed by atoms with Gasteiger partial charge in [-0.3, -0.25) is 13.9 Å². The lowest BCUT2D eigenvalue weighted by molar-refractivity contribution is -0.139. The molecule has 0 radical (unpaired) electrons. The average Bonchev–Trinajstić information content (AvgIpc) is 2.76. The predicted octanol–water partition coefficient (Wildman–Crippen LogP) is 5.40. The van der Waals surface area contributed by atoms with Crippen LogP contribution in [-0.4, -0.2) is 50.5 Å². The minimum absolute atomic E-state index is 0.00594. The van der Waals surface area contributed by atoms with Gasteiger partial charge in [0.15, 0.2) is 0 Å². The Morgan fingerprint density at radius 1 is 1.00 bits per heavy atom. The number of hydrogen-bond acceptors (Lipinski definition) is 4. The van der Waals surface area contributed by atoms with Crippen LogP contribution in [0, 0.1) is 0 Å². The summed E-state index contributed by atoms with van der Waals surface area (Å²) < 4.78 is 26.1. The number of halogens is 4. The van der Waals surface area contributed by atoms with Gasteiger partial charge in [-0.1, -0.05) is 65.8 Å². The molecule has 0 aromatic heterocycles. The normalized spacial score (nSPS) is 12.2. The van der Waals surface area contributed by atoms with Gasteiger partial charge in [0.25, 0.3) is 0 Å². The van der Waals surface area contributed by atoms with E-state index in [4.69, 9.17) is 46.4 Å². The van der Waals surface area contributed by atoms with Crippen molar-refractivity contribution < 1.29 is 18.0 Å². The first-order valence-electron chi connectivity index (χ1n) is 10.8. The smallest absolute Gasteiger partial charge is 0.244 e. The van der Waals surface area contributed by atoms with E-state index < -0.39 is 28.5 Å². The van der Waals surface area contributed by atoms with Crippen molar-refractivity contribution in [2.24, 2.45) is 0 Å². The summed E-state index contributed by atoms with van der Waals surface area (Å²) in [5, 5.41) is 3.88. The number of unbranched alkanes of at least 4 members (excludes halogenated alkanes) is 1. The molecule has 7 nitrogen and oxygen atoms in total. The number of carbonyl (C=O) groups is 2.